The van der Waals surface area contributed by atoms with Crippen LogP contribution in [-0.4, -0.2) is 102 Å². The fourth-order valence-electron chi connectivity index (χ4n) is 7.95. The van der Waals surface area contributed by atoms with Gasteiger partial charge in [-0.25, -0.2) is 18.8 Å². The summed E-state index contributed by atoms with van der Waals surface area (Å²) in [5.74, 6) is -3.11. The maximum absolute atomic E-state index is 14.6. The van der Waals surface area contributed by atoms with Crippen molar-refractivity contribution in [2.45, 2.75) is 113 Å². The molecule has 6 rings (SSSR count). The number of hydrogen-bond acceptors (Lipinski definition) is 8. The van der Waals surface area contributed by atoms with Crippen LogP contribution < -0.4 is 10.6 Å². The van der Waals surface area contributed by atoms with E-state index in [0.29, 0.717) is 24.0 Å². The van der Waals surface area contributed by atoms with Crippen LogP contribution in [0.15, 0.2) is 30.4 Å². The number of allylic oxidation sites excluding steroid dienone is 1. The molecule has 1 saturated heterocycles. The standard InChI is InChI=1S/C36H47FN4O9/c1-48-21-30-26-13-9-14-27(37)25(26)16-17-40(30)35(47)50-24-18-29-31(42)39-36(33(44)45)19-22(36)10-5-3-2-4-6-15-28(32(43)41(29)20-24)38-34(46)49-23-11-7-8-12-23/h5,9-10,13-14,22-24,28-30H,2-4,6-8,11-12,15-21H2,1H3,(H,38,46)(H,39,42)(H,44,45)/t22-,24-,28+,29?,30?,36-/m1/s1. The average molecular weight is 699 g/mol. The molecule has 14 heteroatoms. The normalized spacial score (nSPS) is 30.2. The van der Waals surface area contributed by atoms with Crippen LogP contribution >= 0.6 is 0 Å². The average Bonchev–Trinajstić information content (AvgIpc) is 3.35. The van der Waals surface area contributed by atoms with E-state index in [-0.39, 0.29) is 50.9 Å². The zero-order valence-electron chi connectivity index (χ0n) is 28.4. The minimum atomic E-state index is -1.50. The van der Waals surface area contributed by atoms with Crippen LogP contribution in [0.4, 0.5) is 14.0 Å². The molecule has 1 aromatic rings. The number of carboxylic acids is 1. The quantitative estimate of drug-likeness (QED) is 0.373. The second-order valence-electron chi connectivity index (χ2n) is 14.1. The minimum absolute atomic E-state index is 0.0766. The monoisotopic (exact) mass is 698 g/mol. The third kappa shape index (κ3) is 7.59. The number of rotatable bonds is 6. The SMILES string of the molecule is COCC1c2cccc(F)c2CCN1C(=O)O[C@@H]1CC2C(=O)N[C@]3(C(=O)O)C[C@H]3C=CCCCCC[C@H](NC(=O)OC3CCCC3)C(=O)N2C1. The molecule has 3 aliphatic heterocycles. The van der Waals surface area contributed by atoms with E-state index in [1.165, 1.54) is 23.0 Å². The van der Waals surface area contributed by atoms with Gasteiger partial charge in [0, 0.05) is 26.0 Å². The van der Waals surface area contributed by atoms with Crippen LogP contribution in [0.25, 0.3) is 0 Å². The molecule has 13 nitrogen and oxygen atoms in total. The number of carbonyl (C=O) groups is 5. The van der Waals surface area contributed by atoms with Crippen molar-refractivity contribution in [3.05, 3.63) is 47.3 Å². The van der Waals surface area contributed by atoms with Crippen LogP contribution in [0.5, 0.6) is 0 Å². The van der Waals surface area contributed by atoms with Crippen molar-refractivity contribution in [3.8, 4) is 0 Å². The van der Waals surface area contributed by atoms with Crippen molar-refractivity contribution in [2.24, 2.45) is 5.92 Å². The summed E-state index contributed by atoms with van der Waals surface area (Å²) in [6.07, 6.45) is 8.33. The van der Waals surface area contributed by atoms with Gasteiger partial charge in [0.2, 0.25) is 11.8 Å². The molecule has 5 aliphatic rings. The molecule has 3 N–H and O–H groups in total. The first kappa shape index (κ1) is 35.6. The molecule has 3 heterocycles. The largest absolute Gasteiger partial charge is 0.479 e. The molecule has 2 unspecified atom stereocenters. The molecule has 1 aromatic carbocycles. The first-order valence-electron chi connectivity index (χ1n) is 17.8. The van der Waals surface area contributed by atoms with Gasteiger partial charge < -0.3 is 34.9 Å². The zero-order chi connectivity index (χ0) is 35.4. The lowest BCUT2D eigenvalue weighted by Crippen LogP contribution is -2.56. The topological polar surface area (TPSA) is 164 Å². The highest BCUT2D eigenvalue weighted by Crippen LogP contribution is 2.45. The van der Waals surface area contributed by atoms with E-state index >= 15 is 0 Å². The Morgan fingerprint density at radius 3 is 2.60 bits per heavy atom. The highest BCUT2D eigenvalue weighted by atomic mass is 19.1. The number of benzene rings is 1. The van der Waals surface area contributed by atoms with Gasteiger partial charge in [-0.2, -0.15) is 0 Å². The summed E-state index contributed by atoms with van der Waals surface area (Å²) in [6, 6.07) is 1.93. The highest BCUT2D eigenvalue weighted by Gasteiger charge is 2.61. The van der Waals surface area contributed by atoms with Crippen molar-refractivity contribution in [2.75, 3.05) is 26.8 Å². The lowest BCUT2D eigenvalue weighted by Gasteiger charge is -2.36. The van der Waals surface area contributed by atoms with Crippen molar-refractivity contribution in [1.29, 1.82) is 0 Å². The predicted octanol–water partition coefficient (Wildman–Crippen LogP) is 3.99. The van der Waals surface area contributed by atoms with Gasteiger partial charge in [0.05, 0.1) is 19.2 Å². The predicted molar refractivity (Wildman–Crippen MR) is 176 cm³/mol. The highest BCUT2D eigenvalue weighted by molar-refractivity contribution is 5.96. The minimum Gasteiger partial charge on any atom is -0.479 e. The summed E-state index contributed by atoms with van der Waals surface area (Å²) in [5.41, 5.74) is -0.364. The number of hydrogen-bond donors (Lipinski definition) is 3. The van der Waals surface area contributed by atoms with Gasteiger partial charge in [-0.05, 0) is 75.0 Å². The van der Waals surface area contributed by atoms with E-state index in [1.54, 1.807) is 12.1 Å². The first-order chi connectivity index (χ1) is 24.1. The maximum Gasteiger partial charge on any atom is 0.410 e. The van der Waals surface area contributed by atoms with Crippen LogP contribution in [0, 0.1) is 11.7 Å². The number of alkyl carbamates (subject to hydrolysis) is 1. The molecule has 0 bridgehead atoms. The second-order valence-corrected chi connectivity index (χ2v) is 14.1. The second kappa shape index (κ2) is 15.4. The summed E-state index contributed by atoms with van der Waals surface area (Å²) in [6.45, 7) is 0.129. The number of aliphatic carboxylic acids is 1. The number of ether oxygens (including phenoxy) is 3. The van der Waals surface area contributed by atoms with Gasteiger partial charge in [0.15, 0.2) is 0 Å². The van der Waals surface area contributed by atoms with E-state index in [2.05, 4.69) is 10.6 Å². The van der Waals surface area contributed by atoms with E-state index in [4.69, 9.17) is 14.2 Å². The van der Waals surface area contributed by atoms with Gasteiger partial charge >= 0.3 is 18.2 Å². The molecule has 3 fully saturated rings. The Labute approximate surface area is 290 Å². The Bertz CT molecular complexity index is 1500. The van der Waals surface area contributed by atoms with E-state index in [0.717, 1.165) is 44.9 Å². The summed E-state index contributed by atoms with van der Waals surface area (Å²) >= 11 is 0. The summed E-state index contributed by atoms with van der Waals surface area (Å²) < 4.78 is 31.6. The number of fused-ring (bicyclic) bond motifs is 3. The van der Waals surface area contributed by atoms with Gasteiger partial charge in [0.25, 0.3) is 0 Å². The fraction of sp³-hybridized carbons (Fsp3) is 0.639. The number of nitrogens with one attached hydrogen (secondary N) is 2. The first-order valence-corrected chi connectivity index (χ1v) is 17.8. The molecule has 50 heavy (non-hydrogen) atoms. The Morgan fingerprint density at radius 2 is 1.84 bits per heavy atom. The fourth-order valence-corrected chi connectivity index (χ4v) is 7.95. The van der Waals surface area contributed by atoms with Crippen molar-refractivity contribution in [1.82, 2.24) is 20.4 Å². The van der Waals surface area contributed by atoms with Crippen molar-refractivity contribution in [3.63, 3.8) is 0 Å². The van der Waals surface area contributed by atoms with E-state index in [9.17, 15) is 33.5 Å². The molecule has 2 saturated carbocycles. The third-order valence-corrected chi connectivity index (χ3v) is 10.8. The number of nitrogens with zero attached hydrogens (tertiary/aromatic N) is 2. The maximum atomic E-state index is 14.6. The Morgan fingerprint density at radius 1 is 1.06 bits per heavy atom. The van der Waals surface area contributed by atoms with Crippen molar-refractivity contribution < 1.29 is 47.7 Å². The third-order valence-electron chi connectivity index (χ3n) is 10.8. The van der Waals surface area contributed by atoms with Crippen LogP contribution in [-0.2, 0) is 35.0 Å². The molecule has 0 radical (unpaired) electrons. The molecule has 272 valence electrons. The Kier molecular flexibility index (Phi) is 10.9. The lowest BCUT2D eigenvalue weighted by atomic mass is 9.93. The van der Waals surface area contributed by atoms with Crippen LogP contribution in [0.3, 0.4) is 0 Å². The molecule has 4 amide bonds. The zero-order valence-corrected chi connectivity index (χ0v) is 28.4. The number of carbonyl (C=O) groups excluding carboxylic acids is 4. The van der Waals surface area contributed by atoms with Crippen LogP contribution in [0.1, 0.15) is 87.8 Å². The molecule has 0 spiro atoms. The molecular formula is C36H47FN4O9. The number of amides is 4. The molecule has 0 aromatic heterocycles. The Hall–Kier alpha value is -4.20. The van der Waals surface area contributed by atoms with Gasteiger partial charge in [-0.1, -0.05) is 37.1 Å². The van der Waals surface area contributed by atoms with E-state index < -0.39 is 65.7 Å². The van der Waals surface area contributed by atoms with Crippen LogP contribution in [0.2, 0.25) is 0 Å². The summed E-state index contributed by atoms with van der Waals surface area (Å²) in [7, 11) is 1.49. The number of carboxylic acid groups (broad SMARTS) is 1. The van der Waals surface area contributed by atoms with Gasteiger partial charge in [-0.15, -0.1) is 0 Å². The summed E-state index contributed by atoms with van der Waals surface area (Å²) in [5, 5.41) is 15.6. The molecule has 6 atom stereocenters. The van der Waals surface area contributed by atoms with E-state index in [1.807, 2.05) is 12.2 Å². The van der Waals surface area contributed by atoms with Gasteiger partial charge in [0.1, 0.15) is 35.6 Å². The van der Waals surface area contributed by atoms with Crippen molar-refractivity contribution >= 4 is 30.0 Å². The molecule has 2 aliphatic carbocycles. The molecular weight excluding hydrogens is 651 g/mol. The Balaban J connectivity index is 1.23. The van der Waals surface area contributed by atoms with Gasteiger partial charge in [-0.3, -0.25) is 14.5 Å². The number of methoxy groups -OCH3 is 1. The lowest BCUT2D eigenvalue weighted by molar-refractivity contribution is -0.145. The summed E-state index contributed by atoms with van der Waals surface area (Å²) in [4.78, 5) is 70.0. The number of halogens is 1. The smallest absolute Gasteiger partial charge is 0.410 e.